The number of nitrogens with one attached hydrogen (secondary N) is 1. The van der Waals surface area contributed by atoms with E-state index in [4.69, 9.17) is 23.2 Å². The lowest BCUT2D eigenvalue weighted by molar-refractivity contribution is -0.110. The quantitative estimate of drug-likeness (QED) is 0.835. The average Bonchev–Trinajstić information content (AvgIpc) is 2.73. The van der Waals surface area contributed by atoms with E-state index in [2.05, 4.69) is 10.3 Å². The highest BCUT2D eigenvalue weighted by Gasteiger charge is 2.27. The molecule has 0 fully saturated rings. The van der Waals surface area contributed by atoms with Crippen LogP contribution in [0.1, 0.15) is 11.1 Å². The molecule has 0 saturated carbocycles. The number of nitrogens with zero attached hydrogens (tertiary/aromatic N) is 1. The monoisotopic (exact) mass is 304 g/mol. The van der Waals surface area contributed by atoms with Crippen molar-refractivity contribution in [2.75, 3.05) is 5.32 Å². The van der Waals surface area contributed by atoms with Gasteiger partial charge in [-0.3, -0.25) is 4.79 Å². The fourth-order valence-electron chi connectivity index (χ4n) is 2.03. The number of carbonyl (C=O) groups excluding carboxylic acids is 1. The van der Waals surface area contributed by atoms with Crippen LogP contribution in [0.15, 0.2) is 41.4 Å². The average molecular weight is 305 g/mol. The minimum atomic E-state index is -0.259. The van der Waals surface area contributed by atoms with Crippen LogP contribution in [0.4, 0.5) is 11.4 Å². The van der Waals surface area contributed by atoms with Crippen molar-refractivity contribution in [2.45, 2.75) is 6.92 Å². The maximum Gasteiger partial charge on any atom is 0.275 e. The SMILES string of the molecule is Cc1ccc(N=C2C(=O)Nc3c(Cl)cccc32)cc1Cl. The molecule has 100 valence electrons. The Balaban J connectivity index is 2.11. The minimum absolute atomic E-state index is 0.259. The zero-order valence-electron chi connectivity index (χ0n) is 10.6. The van der Waals surface area contributed by atoms with Gasteiger partial charge in [0, 0.05) is 10.6 Å². The van der Waals surface area contributed by atoms with Gasteiger partial charge in [0.15, 0.2) is 0 Å². The molecule has 1 heterocycles. The van der Waals surface area contributed by atoms with E-state index in [9.17, 15) is 4.79 Å². The van der Waals surface area contributed by atoms with Crippen LogP contribution in [0.5, 0.6) is 0 Å². The Kier molecular flexibility index (Phi) is 3.24. The summed E-state index contributed by atoms with van der Waals surface area (Å²) in [6.07, 6.45) is 0. The third-order valence-corrected chi connectivity index (χ3v) is 3.84. The number of para-hydroxylation sites is 1. The fourth-order valence-corrected chi connectivity index (χ4v) is 2.43. The lowest BCUT2D eigenvalue weighted by Gasteiger charge is -2.01. The van der Waals surface area contributed by atoms with Gasteiger partial charge in [-0.25, -0.2) is 4.99 Å². The second kappa shape index (κ2) is 4.93. The normalized spacial score (nSPS) is 15.3. The highest BCUT2D eigenvalue weighted by atomic mass is 35.5. The molecule has 1 amide bonds. The predicted octanol–water partition coefficient (Wildman–Crippen LogP) is 4.37. The molecule has 0 atom stereocenters. The first-order valence-electron chi connectivity index (χ1n) is 6.01. The summed E-state index contributed by atoms with van der Waals surface area (Å²) < 4.78 is 0. The smallest absolute Gasteiger partial charge is 0.275 e. The molecular weight excluding hydrogens is 295 g/mol. The number of aryl methyl sites for hydroxylation is 1. The molecule has 0 bridgehead atoms. The molecule has 0 aliphatic carbocycles. The van der Waals surface area contributed by atoms with E-state index in [0.29, 0.717) is 32.7 Å². The molecule has 2 aromatic carbocycles. The van der Waals surface area contributed by atoms with Gasteiger partial charge < -0.3 is 5.32 Å². The summed E-state index contributed by atoms with van der Waals surface area (Å²) in [6, 6.07) is 10.8. The maximum atomic E-state index is 12.0. The molecule has 1 aliphatic heterocycles. The number of amides is 1. The number of fused-ring (bicyclic) bond motifs is 1. The van der Waals surface area contributed by atoms with Crippen molar-refractivity contribution in [2.24, 2.45) is 4.99 Å². The summed E-state index contributed by atoms with van der Waals surface area (Å²) in [7, 11) is 0. The predicted molar refractivity (Wildman–Crippen MR) is 82.5 cm³/mol. The van der Waals surface area contributed by atoms with Crippen LogP contribution in [0, 0.1) is 6.92 Å². The van der Waals surface area contributed by atoms with Crippen molar-refractivity contribution in [3.63, 3.8) is 0 Å². The van der Waals surface area contributed by atoms with Crippen molar-refractivity contribution in [1.29, 1.82) is 0 Å². The van der Waals surface area contributed by atoms with Gasteiger partial charge in [0.1, 0.15) is 5.71 Å². The third-order valence-electron chi connectivity index (χ3n) is 3.12. The summed E-state index contributed by atoms with van der Waals surface area (Å²) >= 11 is 12.1. The first-order valence-corrected chi connectivity index (χ1v) is 6.77. The van der Waals surface area contributed by atoms with Crippen LogP contribution in [0.3, 0.4) is 0 Å². The Morgan fingerprint density at radius 2 is 1.90 bits per heavy atom. The van der Waals surface area contributed by atoms with Gasteiger partial charge in [-0.2, -0.15) is 0 Å². The van der Waals surface area contributed by atoms with Crippen molar-refractivity contribution in [1.82, 2.24) is 0 Å². The Morgan fingerprint density at radius 1 is 1.10 bits per heavy atom. The van der Waals surface area contributed by atoms with E-state index < -0.39 is 0 Å². The van der Waals surface area contributed by atoms with E-state index in [-0.39, 0.29) is 5.91 Å². The lowest BCUT2D eigenvalue weighted by atomic mass is 10.1. The third kappa shape index (κ3) is 2.19. The molecule has 1 N–H and O–H groups in total. The molecule has 2 aromatic rings. The van der Waals surface area contributed by atoms with E-state index in [1.165, 1.54) is 0 Å². The van der Waals surface area contributed by atoms with Gasteiger partial charge in [-0.1, -0.05) is 41.4 Å². The molecular formula is C15H10Cl2N2O. The summed E-state index contributed by atoms with van der Waals surface area (Å²) in [4.78, 5) is 16.4. The summed E-state index contributed by atoms with van der Waals surface area (Å²) in [6.45, 7) is 1.91. The molecule has 0 aromatic heterocycles. The van der Waals surface area contributed by atoms with Gasteiger partial charge in [0.25, 0.3) is 5.91 Å². The molecule has 3 nitrogen and oxygen atoms in total. The largest absolute Gasteiger partial charge is 0.319 e. The molecule has 0 saturated heterocycles. The van der Waals surface area contributed by atoms with Crippen molar-refractivity contribution < 1.29 is 4.79 Å². The number of hydrogen-bond donors (Lipinski definition) is 1. The molecule has 5 heteroatoms. The number of aliphatic imine (C=N–C) groups is 1. The second-order valence-corrected chi connectivity index (χ2v) is 5.32. The molecule has 0 spiro atoms. The molecule has 1 aliphatic rings. The number of rotatable bonds is 1. The number of anilines is 1. The zero-order chi connectivity index (χ0) is 14.3. The standard InChI is InChI=1S/C15H10Cl2N2O/c1-8-5-6-9(7-12(8)17)18-14-10-3-2-4-11(16)13(10)19-15(14)20/h2-7H,1H3,(H,18,19,20). The van der Waals surface area contributed by atoms with E-state index in [0.717, 1.165) is 5.56 Å². The fraction of sp³-hybridized carbons (Fsp3) is 0.0667. The van der Waals surface area contributed by atoms with Crippen molar-refractivity contribution >= 4 is 46.2 Å². The highest BCUT2D eigenvalue weighted by Crippen LogP contribution is 2.32. The number of carbonyl (C=O) groups is 1. The van der Waals surface area contributed by atoms with Gasteiger partial charge in [0.2, 0.25) is 0 Å². The van der Waals surface area contributed by atoms with Gasteiger partial charge in [-0.05, 0) is 30.7 Å². The van der Waals surface area contributed by atoms with Crippen molar-refractivity contribution in [3.05, 3.63) is 57.6 Å². The van der Waals surface area contributed by atoms with E-state index in [1.807, 2.05) is 25.1 Å². The van der Waals surface area contributed by atoms with Crippen LogP contribution in [-0.2, 0) is 4.79 Å². The van der Waals surface area contributed by atoms with Crippen LogP contribution in [-0.4, -0.2) is 11.6 Å². The topological polar surface area (TPSA) is 41.5 Å². The first kappa shape index (κ1) is 13.2. The zero-order valence-corrected chi connectivity index (χ0v) is 12.1. The van der Waals surface area contributed by atoms with Crippen LogP contribution in [0.2, 0.25) is 10.0 Å². The number of benzene rings is 2. The molecule has 0 unspecified atom stereocenters. The molecule has 20 heavy (non-hydrogen) atoms. The van der Waals surface area contributed by atoms with Gasteiger partial charge in [0.05, 0.1) is 16.4 Å². The number of hydrogen-bond acceptors (Lipinski definition) is 2. The van der Waals surface area contributed by atoms with E-state index >= 15 is 0 Å². The highest BCUT2D eigenvalue weighted by molar-refractivity contribution is 6.55. The maximum absolute atomic E-state index is 12.0. The van der Waals surface area contributed by atoms with Gasteiger partial charge >= 0.3 is 0 Å². The second-order valence-electron chi connectivity index (χ2n) is 4.51. The Bertz CT molecular complexity index is 754. The molecule has 3 rings (SSSR count). The summed E-state index contributed by atoms with van der Waals surface area (Å²) in [5.41, 5.74) is 3.27. The Morgan fingerprint density at radius 3 is 2.65 bits per heavy atom. The van der Waals surface area contributed by atoms with Crippen molar-refractivity contribution in [3.8, 4) is 0 Å². The minimum Gasteiger partial charge on any atom is -0.319 e. The Hall–Kier alpha value is -1.84. The van der Waals surface area contributed by atoms with Crippen LogP contribution < -0.4 is 5.32 Å². The summed E-state index contributed by atoms with van der Waals surface area (Å²) in [5.74, 6) is -0.259. The van der Waals surface area contributed by atoms with E-state index in [1.54, 1.807) is 18.2 Å². The number of halogens is 2. The van der Waals surface area contributed by atoms with Crippen LogP contribution in [0.25, 0.3) is 0 Å². The molecule has 0 radical (unpaired) electrons. The van der Waals surface area contributed by atoms with Gasteiger partial charge in [-0.15, -0.1) is 0 Å². The van der Waals surface area contributed by atoms with Crippen LogP contribution >= 0.6 is 23.2 Å². The summed E-state index contributed by atoms with van der Waals surface area (Å²) in [5, 5.41) is 3.85. The lowest BCUT2D eigenvalue weighted by Crippen LogP contribution is -2.13. The first-order chi connectivity index (χ1) is 9.56. The Labute approximate surface area is 126 Å².